The highest BCUT2D eigenvalue weighted by molar-refractivity contribution is 5.95. The Morgan fingerprint density at radius 2 is 1.85 bits per heavy atom. The summed E-state index contributed by atoms with van der Waals surface area (Å²) in [6, 6.07) is 15.8. The topological polar surface area (TPSA) is 59.3 Å². The van der Waals surface area contributed by atoms with E-state index in [-0.39, 0.29) is 5.91 Å². The first-order chi connectivity index (χ1) is 13.1. The fraction of sp³-hybridized carbons (Fsp3) is 0.136. The van der Waals surface area contributed by atoms with Crippen molar-refractivity contribution in [1.29, 1.82) is 0 Å². The summed E-state index contributed by atoms with van der Waals surface area (Å²) in [6.45, 7) is 4.55. The van der Waals surface area contributed by atoms with Crippen LogP contribution in [0.4, 0.5) is 0 Å². The molecule has 1 aromatic carbocycles. The smallest absolute Gasteiger partial charge is 0.287 e. The van der Waals surface area contributed by atoms with Crippen LogP contribution in [0.1, 0.15) is 27.3 Å². The monoisotopic (exact) mass is 356 g/mol. The van der Waals surface area contributed by atoms with Gasteiger partial charge in [0.05, 0.1) is 11.2 Å². The molecule has 4 aromatic rings. The number of nitrogens with zero attached hydrogens (tertiary/aromatic N) is 3. The molecule has 0 fully saturated rings. The van der Waals surface area contributed by atoms with E-state index in [1.165, 1.54) is 0 Å². The van der Waals surface area contributed by atoms with Gasteiger partial charge in [-0.15, -0.1) is 0 Å². The first kappa shape index (κ1) is 17.0. The molecule has 1 amide bonds. The molecule has 0 bridgehead atoms. The summed E-state index contributed by atoms with van der Waals surface area (Å²) < 4.78 is 1.85. The summed E-state index contributed by atoms with van der Waals surface area (Å²) in [5, 5.41) is 2.94. The van der Waals surface area contributed by atoms with Gasteiger partial charge in [-0.25, -0.2) is 4.98 Å². The Kier molecular flexibility index (Phi) is 4.42. The molecule has 0 aliphatic heterocycles. The average molecular weight is 356 g/mol. The molecule has 5 nitrogen and oxygen atoms in total. The summed E-state index contributed by atoms with van der Waals surface area (Å²) in [4.78, 5) is 21.6. The number of hydrogen-bond acceptors (Lipinski definition) is 3. The average Bonchev–Trinajstić information content (AvgIpc) is 3.06. The lowest BCUT2D eigenvalue weighted by molar-refractivity contribution is 0.0940. The Hall–Kier alpha value is -3.47. The largest absolute Gasteiger partial charge is 0.345 e. The van der Waals surface area contributed by atoms with Gasteiger partial charge in [-0.3, -0.25) is 14.2 Å². The van der Waals surface area contributed by atoms with Crippen LogP contribution in [-0.2, 0) is 6.54 Å². The van der Waals surface area contributed by atoms with Crippen LogP contribution in [0.5, 0.6) is 0 Å². The van der Waals surface area contributed by atoms with Gasteiger partial charge in [-0.05, 0) is 48.7 Å². The molecular weight excluding hydrogens is 336 g/mol. The molecule has 0 saturated heterocycles. The molecule has 0 aliphatic rings. The van der Waals surface area contributed by atoms with Gasteiger partial charge < -0.3 is 5.32 Å². The van der Waals surface area contributed by atoms with E-state index in [1.54, 1.807) is 12.4 Å². The molecule has 5 heteroatoms. The Labute approximate surface area is 157 Å². The first-order valence-corrected chi connectivity index (χ1v) is 8.86. The number of carbonyl (C=O) groups is 1. The van der Waals surface area contributed by atoms with Crippen LogP contribution >= 0.6 is 0 Å². The third-order valence-electron chi connectivity index (χ3n) is 4.65. The van der Waals surface area contributed by atoms with Crippen molar-refractivity contribution >= 4 is 11.4 Å². The molecule has 27 heavy (non-hydrogen) atoms. The molecule has 0 atom stereocenters. The van der Waals surface area contributed by atoms with Gasteiger partial charge in [-0.2, -0.15) is 0 Å². The Morgan fingerprint density at radius 3 is 2.59 bits per heavy atom. The number of nitrogens with one attached hydrogen (secondary N) is 1. The highest BCUT2D eigenvalue weighted by atomic mass is 16.2. The number of amides is 1. The number of hydrogen-bond donors (Lipinski definition) is 1. The molecule has 0 unspecified atom stereocenters. The molecule has 134 valence electrons. The van der Waals surface area contributed by atoms with Crippen LogP contribution < -0.4 is 5.32 Å². The summed E-state index contributed by atoms with van der Waals surface area (Å²) >= 11 is 0. The zero-order valence-corrected chi connectivity index (χ0v) is 15.3. The van der Waals surface area contributed by atoms with Crippen molar-refractivity contribution in [3.63, 3.8) is 0 Å². The number of aromatic nitrogens is 3. The SMILES string of the molecule is Cc1cccc(C)c1-c1nc(C(=O)NCc2cccnc2)n2ccccc12. The highest BCUT2D eigenvalue weighted by Crippen LogP contribution is 2.30. The molecule has 0 aliphatic carbocycles. The van der Waals surface area contributed by atoms with Gasteiger partial charge in [0, 0.05) is 30.7 Å². The molecule has 0 radical (unpaired) electrons. The second-order valence-electron chi connectivity index (χ2n) is 6.55. The summed E-state index contributed by atoms with van der Waals surface area (Å²) in [5.74, 6) is 0.171. The minimum Gasteiger partial charge on any atom is -0.345 e. The van der Waals surface area contributed by atoms with Crippen molar-refractivity contribution in [2.24, 2.45) is 0 Å². The summed E-state index contributed by atoms with van der Waals surface area (Å²) in [7, 11) is 0. The lowest BCUT2D eigenvalue weighted by Gasteiger charge is -2.07. The number of imidazole rings is 1. The van der Waals surface area contributed by atoms with Crippen LogP contribution in [-0.4, -0.2) is 20.3 Å². The number of pyridine rings is 2. The molecule has 3 aromatic heterocycles. The van der Waals surface area contributed by atoms with Crippen molar-refractivity contribution in [3.05, 3.63) is 89.6 Å². The maximum absolute atomic E-state index is 12.8. The zero-order valence-electron chi connectivity index (χ0n) is 15.3. The normalized spacial score (nSPS) is 10.9. The van der Waals surface area contributed by atoms with Gasteiger partial charge in [-0.1, -0.05) is 30.3 Å². The van der Waals surface area contributed by atoms with Crippen LogP contribution in [0, 0.1) is 13.8 Å². The van der Waals surface area contributed by atoms with E-state index in [0.717, 1.165) is 33.5 Å². The number of carbonyl (C=O) groups excluding carboxylic acids is 1. The number of rotatable bonds is 4. The van der Waals surface area contributed by atoms with Crippen molar-refractivity contribution in [2.45, 2.75) is 20.4 Å². The standard InChI is InChI=1S/C22H20N4O/c1-15-7-5-8-16(2)19(15)20-18-10-3-4-12-26(18)21(25-20)22(27)24-14-17-9-6-11-23-13-17/h3-13H,14H2,1-2H3,(H,24,27). The molecule has 4 rings (SSSR count). The van der Waals surface area contributed by atoms with E-state index in [9.17, 15) is 4.79 Å². The van der Waals surface area contributed by atoms with Gasteiger partial charge >= 0.3 is 0 Å². The van der Waals surface area contributed by atoms with Crippen molar-refractivity contribution in [3.8, 4) is 11.3 Å². The quantitative estimate of drug-likeness (QED) is 0.602. The van der Waals surface area contributed by atoms with Crippen LogP contribution in [0.25, 0.3) is 16.8 Å². The van der Waals surface area contributed by atoms with E-state index < -0.39 is 0 Å². The molecule has 0 spiro atoms. The second-order valence-corrected chi connectivity index (χ2v) is 6.55. The fourth-order valence-corrected chi connectivity index (χ4v) is 3.33. The maximum Gasteiger partial charge on any atom is 0.287 e. The van der Waals surface area contributed by atoms with Gasteiger partial charge in [0.25, 0.3) is 5.91 Å². The molecule has 3 heterocycles. The lowest BCUT2D eigenvalue weighted by atomic mass is 9.99. The Bertz CT molecular complexity index is 1100. The predicted octanol–water partition coefficient (Wildman–Crippen LogP) is 3.94. The highest BCUT2D eigenvalue weighted by Gasteiger charge is 2.20. The zero-order chi connectivity index (χ0) is 18.8. The number of benzene rings is 1. The third kappa shape index (κ3) is 3.19. The van der Waals surface area contributed by atoms with Gasteiger partial charge in [0.2, 0.25) is 5.82 Å². The van der Waals surface area contributed by atoms with E-state index in [4.69, 9.17) is 4.98 Å². The summed E-state index contributed by atoms with van der Waals surface area (Å²) in [5.41, 5.74) is 6.05. The predicted molar refractivity (Wildman–Crippen MR) is 106 cm³/mol. The minimum atomic E-state index is -0.211. The lowest BCUT2D eigenvalue weighted by Crippen LogP contribution is -2.25. The van der Waals surface area contributed by atoms with Gasteiger partial charge in [0.15, 0.2) is 0 Å². The van der Waals surface area contributed by atoms with Gasteiger partial charge in [0.1, 0.15) is 0 Å². The third-order valence-corrected chi connectivity index (χ3v) is 4.65. The molecule has 0 saturated carbocycles. The van der Waals surface area contributed by atoms with E-state index in [0.29, 0.717) is 12.4 Å². The van der Waals surface area contributed by atoms with E-state index >= 15 is 0 Å². The number of aryl methyl sites for hydroxylation is 2. The van der Waals surface area contributed by atoms with Crippen LogP contribution in [0.2, 0.25) is 0 Å². The fourth-order valence-electron chi connectivity index (χ4n) is 3.33. The summed E-state index contributed by atoms with van der Waals surface area (Å²) in [6.07, 6.45) is 5.33. The van der Waals surface area contributed by atoms with Crippen molar-refractivity contribution < 1.29 is 4.79 Å². The maximum atomic E-state index is 12.8. The van der Waals surface area contributed by atoms with E-state index in [1.807, 2.05) is 47.0 Å². The van der Waals surface area contributed by atoms with Crippen LogP contribution in [0.3, 0.4) is 0 Å². The van der Waals surface area contributed by atoms with Crippen LogP contribution in [0.15, 0.2) is 67.1 Å². The number of fused-ring (bicyclic) bond motifs is 1. The first-order valence-electron chi connectivity index (χ1n) is 8.86. The molecule has 1 N–H and O–H groups in total. The molecular formula is C22H20N4O. The van der Waals surface area contributed by atoms with Crippen molar-refractivity contribution in [2.75, 3.05) is 0 Å². The Morgan fingerprint density at radius 1 is 1.04 bits per heavy atom. The van der Waals surface area contributed by atoms with E-state index in [2.05, 4.69) is 36.3 Å². The second kappa shape index (κ2) is 7.03. The minimum absolute atomic E-state index is 0.211. The Balaban J connectivity index is 1.75. The van der Waals surface area contributed by atoms with Crippen molar-refractivity contribution in [1.82, 2.24) is 19.7 Å².